The van der Waals surface area contributed by atoms with Gasteiger partial charge in [-0.3, -0.25) is 0 Å². The third-order valence-corrected chi connectivity index (χ3v) is 5.63. The molecule has 0 bridgehead atoms. The Bertz CT molecular complexity index is 1190. The molecule has 0 atom stereocenters. The molecule has 6 heteroatoms. The lowest BCUT2D eigenvalue weighted by Gasteiger charge is -2.26. The summed E-state index contributed by atoms with van der Waals surface area (Å²) in [5.41, 5.74) is 4.54. The average molecular weight is 399 g/mol. The molecule has 0 fully saturated rings. The molecule has 0 radical (unpaired) electrons. The van der Waals surface area contributed by atoms with E-state index < -0.39 is 0 Å². The van der Waals surface area contributed by atoms with Crippen LogP contribution in [0, 0.1) is 0 Å². The molecule has 2 aromatic carbocycles. The first kappa shape index (κ1) is 18.6. The third kappa shape index (κ3) is 3.39. The Labute approximate surface area is 176 Å². The number of methoxy groups -OCH3 is 1. The first-order valence-electron chi connectivity index (χ1n) is 10.2. The normalized spacial score (nSPS) is 13.9. The van der Waals surface area contributed by atoms with E-state index in [0.29, 0.717) is 5.95 Å². The van der Waals surface area contributed by atoms with E-state index in [1.807, 2.05) is 28.8 Å². The van der Waals surface area contributed by atoms with Crippen LogP contribution in [0.1, 0.15) is 16.8 Å². The Kier molecular flexibility index (Phi) is 4.85. The predicted octanol–water partition coefficient (Wildman–Crippen LogP) is 4.03. The third-order valence-electron chi connectivity index (χ3n) is 5.63. The van der Waals surface area contributed by atoms with Gasteiger partial charge in [-0.05, 0) is 18.7 Å². The Balaban J connectivity index is 1.62. The molecule has 0 aliphatic carbocycles. The van der Waals surface area contributed by atoms with Crippen LogP contribution >= 0.6 is 0 Å². The number of rotatable bonds is 5. The summed E-state index contributed by atoms with van der Waals surface area (Å²) in [5.74, 6) is 2.27. The van der Waals surface area contributed by atoms with Gasteiger partial charge in [0.25, 0.3) is 0 Å². The van der Waals surface area contributed by atoms with Gasteiger partial charge in [-0.1, -0.05) is 48.5 Å². The van der Waals surface area contributed by atoms with E-state index in [-0.39, 0.29) is 0 Å². The van der Waals surface area contributed by atoms with Crippen LogP contribution in [0.15, 0.2) is 60.7 Å². The maximum Gasteiger partial charge on any atom is 0.239 e. The first-order valence-corrected chi connectivity index (χ1v) is 10.2. The smallest absolute Gasteiger partial charge is 0.239 e. The molecule has 0 saturated carbocycles. The number of hydrogen-bond acceptors (Lipinski definition) is 5. The van der Waals surface area contributed by atoms with E-state index in [9.17, 15) is 0 Å². The highest BCUT2D eigenvalue weighted by molar-refractivity contribution is 5.84. The summed E-state index contributed by atoms with van der Waals surface area (Å²) in [6.45, 7) is 2.55. The lowest BCUT2D eigenvalue weighted by atomic mass is 10.1. The zero-order valence-corrected chi connectivity index (χ0v) is 17.3. The SMILES string of the molecule is COc1cc2ccccc2n1-c1nc2c(c(NCc3ccccc3)n1)CN(C)CC2. The lowest BCUT2D eigenvalue weighted by molar-refractivity contribution is 0.309. The van der Waals surface area contributed by atoms with Gasteiger partial charge < -0.3 is 15.0 Å². The minimum atomic E-state index is 0.645. The van der Waals surface area contributed by atoms with Crippen molar-refractivity contribution in [2.45, 2.75) is 19.5 Å². The summed E-state index contributed by atoms with van der Waals surface area (Å²) in [6.07, 6.45) is 0.906. The van der Waals surface area contributed by atoms with Crippen molar-refractivity contribution in [2.24, 2.45) is 0 Å². The predicted molar refractivity (Wildman–Crippen MR) is 119 cm³/mol. The molecule has 4 aromatic rings. The molecule has 152 valence electrons. The van der Waals surface area contributed by atoms with Gasteiger partial charge >= 0.3 is 0 Å². The molecule has 0 unspecified atom stereocenters. The van der Waals surface area contributed by atoms with E-state index in [2.05, 4.69) is 53.7 Å². The van der Waals surface area contributed by atoms with Crippen LogP contribution in [-0.4, -0.2) is 40.1 Å². The fourth-order valence-electron chi connectivity index (χ4n) is 4.05. The number of fused-ring (bicyclic) bond motifs is 2. The summed E-state index contributed by atoms with van der Waals surface area (Å²) in [5, 5.41) is 4.67. The maximum absolute atomic E-state index is 5.67. The molecular weight excluding hydrogens is 374 g/mol. The molecule has 30 heavy (non-hydrogen) atoms. The van der Waals surface area contributed by atoms with Gasteiger partial charge in [-0.2, -0.15) is 4.98 Å². The molecule has 1 aliphatic rings. The molecule has 1 aliphatic heterocycles. The van der Waals surface area contributed by atoms with Crippen LogP contribution in [0.5, 0.6) is 5.88 Å². The van der Waals surface area contributed by atoms with Crippen LogP contribution in [0.4, 0.5) is 5.82 Å². The number of benzene rings is 2. The average Bonchev–Trinajstić information content (AvgIpc) is 3.17. The molecule has 0 amide bonds. The van der Waals surface area contributed by atoms with Gasteiger partial charge in [-0.15, -0.1) is 0 Å². The first-order chi connectivity index (χ1) is 14.7. The van der Waals surface area contributed by atoms with Crippen molar-refractivity contribution in [2.75, 3.05) is 26.0 Å². The van der Waals surface area contributed by atoms with Crippen molar-refractivity contribution in [3.63, 3.8) is 0 Å². The van der Waals surface area contributed by atoms with Crippen molar-refractivity contribution >= 4 is 16.7 Å². The summed E-state index contributed by atoms with van der Waals surface area (Å²) in [4.78, 5) is 12.3. The number of nitrogens with zero attached hydrogens (tertiary/aromatic N) is 4. The number of ether oxygens (including phenoxy) is 1. The van der Waals surface area contributed by atoms with Gasteiger partial charge in [-0.25, -0.2) is 9.55 Å². The van der Waals surface area contributed by atoms with E-state index >= 15 is 0 Å². The van der Waals surface area contributed by atoms with E-state index in [1.165, 1.54) is 11.1 Å². The number of para-hydroxylation sites is 1. The molecule has 0 spiro atoms. The highest BCUT2D eigenvalue weighted by atomic mass is 16.5. The highest BCUT2D eigenvalue weighted by Crippen LogP contribution is 2.31. The maximum atomic E-state index is 5.67. The Morgan fingerprint density at radius 3 is 2.67 bits per heavy atom. The Morgan fingerprint density at radius 2 is 1.83 bits per heavy atom. The number of nitrogens with one attached hydrogen (secondary N) is 1. The zero-order valence-electron chi connectivity index (χ0n) is 17.3. The molecule has 5 rings (SSSR count). The topological polar surface area (TPSA) is 55.2 Å². The van der Waals surface area contributed by atoms with Gasteiger partial charge in [0.1, 0.15) is 5.82 Å². The van der Waals surface area contributed by atoms with Crippen molar-refractivity contribution in [3.05, 3.63) is 77.5 Å². The van der Waals surface area contributed by atoms with Crippen LogP contribution in [0.2, 0.25) is 0 Å². The standard InChI is InChI=1S/C24H25N5O/c1-28-13-12-20-19(16-28)23(25-15-17-8-4-3-5-9-17)27-24(26-20)29-21-11-7-6-10-18(21)14-22(29)30-2/h3-11,14H,12-13,15-16H2,1-2H3,(H,25,26,27). The minimum Gasteiger partial charge on any atom is -0.482 e. The summed E-state index contributed by atoms with van der Waals surface area (Å²) >= 11 is 0. The largest absolute Gasteiger partial charge is 0.482 e. The summed E-state index contributed by atoms with van der Waals surface area (Å²) in [7, 11) is 3.83. The van der Waals surface area contributed by atoms with Gasteiger partial charge in [0.2, 0.25) is 11.8 Å². The van der Waals surface area contributed by atoms with E-state index in [1.54, 1.807) is 7.11 Å². The highest BCUT2D eigenvalue weighted by Gasteiger charge is 2.23. The fourth-order valence-corrected chi connectivity index (χ4v) is 4.05. The Hall–Kier alpha value is -3.38. The van der Waals surface area contributed by atoms with Crippen LogP contribution in [0.25, 0.3) is 16.9 Å². The molecule has 2 aromatic heterocycles. The van der Waals surface area contributed by atoms with Crippen LogP contribution < -0.4 is 10.1 Å². The molecule has 6 nitrogen and oxygen atoms in total. The second kappa shape index (κ2) is 7.80. The van der Waals surface area contributed by atoms with Gasteiger partial charge in [0.15, 0.2) is 0 Å². The number of anilines is 1. The molecule has 1 N–H and O–H groups in total. The summed E-state index contributed by atoms with van der Waals surface area (Å²) < 4.78 is 7.67. The van der Waals surface area contributed by atoms with E-state index in [4.69, 9.17) is 14.7 Å². The van der Waals surface area contributed by atoms with Gasteiger partial charge in [0, 0.05) is 43.1 Å². The van der Waals surface area contributed by atoms with Crippen LogP contribution in [0.3, 0.4) is 0 Å². The van der Waals surface area contributed by atoms with Crippen LogP contribution in [-0.2, 0) is 19.5 Å². The minimum absolute atomic E-state index is 0.645. The van der Waals surface area contributed by atoms with Gasteiger partial charge in [0.05, 0.1) is 18.3 Å². The molecule has 0 saturated heterocycles. The number of aromatic nitrogens is 3. The molecular formula is C24H25N5O. The second-order valence-corrected chi connectivity index (χ2v) is 7.71. The number of likely N-dealkylation sites (N-methyl/N-ethyl adjacent to an activating group) is 1. The lowest BCUT2D eigenvalue weighted by Crippen LogP contribution is -2.29. The summed E-state index contributed by atoms with van der Waals surface area (Å²) in [6, 6.07) is 20.6. The quantitative estimate of drug-likeness (QED) is 0.549. The Morgan fingerprint density at radius 1 is 1.03 bits per heavy atom. The van der Waals surface area contributed by atoms with E-state index in [0.717, 1.165) is 54.3 Å². The van der Waals surface area contributed by atoms with Crippen molar-refractivity contribution in [1.82, 2.24) is 19.4 Å². The van der Waals surface area contributed by atoms with Crippen molar-refractivity contribution < 1.29 is 4.74 Å². The molecule has 3 heterocycles. The number of hydrogen-bond donors (Lipinski definition) is 1. The van der Waals surface area contributed by atoms with Crippen molar-refractivity contribution in [1.29, 1.82) is 0 Å². The zero-order chi connectivity index (χ0) is 20.5. The monoisotopic (exact) mass is 399 g/mol. The fraction of sp³-hybridized carbons (Fsp3) is 0.250. The second-order valence-electron chi connectivity index (χ2n) is 7.71. The van der Waals surface area contributed by atoms with Crippen molar-refractivity contribution in [3.8, 4) is 11.8 Å².